The summed E-state index contributed by atoms with van der Waals surface area (Å²) in [5.41, 5.74) is 1.30. The maximum Gasteiger partial charge on any atom is 0.101 e. The van der Waals surface area contributed by atoms with Gasteiger partial charge in [-0.2, -0.15) is 0 Å². The zero-order valence-corrected chi connectivity index (χ0v) is 5.24. The van der Waals surface area contributed by atoms with E-state index in [9.17, 15) is 0 Å². The van der Waals surface area contributed by atoms with Gasteiger partial charge in [0.2, 0.25) is 0 Å². The van der Waals surface area contributed by atoms with E-state index in [0.29, 0.717) is 12.5 Å². The van der Waals surface area contributed by atoms with Crippen LogP contribution in [0.4, 0.5) is 0 Å². The van der Waals surface area contributed by atoms with E-state index in [2.05, 4.69) is 4.74 Å². The summed E-state index contributed by atoms with van der Waals surface area (Å²) in [4.78, 5) is 0. The fourth-order valence-corrected chi connectivity index (χ4v) is 0.311. The van der Waals surface area contributed by atoms with Gasteiger partial charge in [0.05, 0.1) is 12.1 Å². The quantitative estimate of drug-likeness (QED) is 0.331. The molecule has 42 valence electrons. The van der Waals surface area contributed by atoms with E-state index in [1.807, 2.05) is 0 Å². The van der Waals surface area contributed by atoms with Crippen LogP contribution in [0.15, 0.2) is 11.8 Å². The molecule has 0 atom stereocenters. The van der Waals surface area contributed by atoms with Crippen molar-refractivity contribution >= 4 is 23.2 Å². The topological polar surface area (TPSA) is 9.23 Å². The van der Waals surface area contributed by atoms with Crippen molar-refractivity contribution in [1.29, 1.82) is 0 Å². The number of hydrogen-bond donors (Lipinski definition) is 0. The lowest BCUT2D eigenvalue weighted by Crippen LogP contribution is -1.85. The van der Waals surface area contributed by atoms with E-state index in [1.165, 1.54) is 11.8 Å². The van der Waals surface area contributed by atoms with Crippen LogP contribution < -0.4 is 0 Å². The molecule has 0 spiro atoms. The van der Waals surface area contributed by atoms with Crippen LogP contribution in [0.1, 0.15) is 0 Å². The zero-order chi connectivity index (χ0) is 5.54. The fraction of sp³-hybridized carbons (Fsp3) is 0.500. The third kappa shape index (κ3) is 6.12. The summed E-state index contributed by atoms with van der Waals surface area (Å²) in [5, 5.41) is 0. The molecule has 0 aromatic carbocycles. The van der Waals surface area contributed by atoms with Gasteiger partial charge in [0.1, 0.15) is 6.61 Å². The van der Waals surface area contributed by atoms with Crippen molar-refractivity contribution in [2.24, 2.45) is 0 Å². The van der Waals surface area contributed by atoms with Crippen molar-refractivity contribution in [1.82, 2.24) is 0 Å². The molecule has 0 aliphatic rings. The molecule has 0 saturated carbocycles. The molecule has 0 heterocycles. The van der Waals surface area contributed by atoms with Gasteiger partial charge in [-0.15, -0.1) is 11.6 Å². The maximum atomic E-state index is 5.24. The van der Waals surface area contributed by atoms with Crippen molar-refractivity contribution < 1.29 is 4.74 Å². The van der Waals surface area contributed by atoms with E-state index in [0.717, 1.165) is 0 Å². The van der Waals surface area contributed by atoms with Gasteiger partial charge in [-0.3, -0.25) is 0 Å². The molecule has 0 unspecified atom stereocenters. The first-order valence-corrected chi connectivity index (χ1v) is 2.81. The highest BCUT2D eigenvalue weighted by Crippen LogP contribution is 1.82. The summed E-state index contributed by atoms with van der Waals surface area (Å²) in [5.74, 6) is 0.501. The molecular formula is C4H6Cl2O. The predicted octanol–water partition coefficient (Wildman–Crippen LogP) is 1.95. The molecule has 0 amide bonds. The van der Waals surface area contributed by atoms with Crippen molar-refractivity contribution in [3.05, 3.63) is 11.8 Å². The molecule has 0 fully saturated rings. The Morgan fingerprint density at radius 3 is 2.71 bits per heavy atom. The minimum Gasteiger partial charge on any atom is -0.499 e. The highest BCUT2D eigenvalue weighted by Gasteiger charge is 1.72. The van der Waals surface area contributed by atoms with Crippen molar-refractivity contribution in [3.63, 3.8) is 0 Å². The van der Waals surface area contributed by atoms with Gasteiger partial charge < -0.3 is 4.74 Å². The smallest absolute Gasteiger partial charge is 0.101 e. The summed E-state index contributed by atoms with van der Waals surface area (Å²) in [7, 11) is 0. The normalized spacial score (nSPS) is 10.0. The molecular weight excluding hydrogens is 135 g/mol. The number of ether oxygens (including phenoxy) is 1. The Hall–Kier alpha value is 0.120. The maximum absolute atomic E-state index is 5.24. The van der Waals surface area contributed by atoms with Crippen LogP contribution in [0.25, 0.3) is 0 Å². The standard InChI is InChI=1S/C4H6Cl2O/c5-1-3-7-4-2-6/h1,3H,2,4H2. The first-order chi connectivity index (χ1) is 3.41. The second kappa shape index (κ2) is 6.12. The van der Waals surface area contributed by atoms with Gasteiger partial charge >= 0.3 is 0 Å². The molecule has 0 saturated heterocycles. The number of halogens is 2. The molecule has 0 aliphatic heterocycles. The SMILES string of the molecule is ClC=COCCCl. The van der Waals surface area contributed by atoms with E-state index >= 15 is 0 Å². The Kier molecular flexibility index (Phi) is 6.22. The van der Waals surface area contributed by atoms with Crippen molar-refractivity contribution in [2.75, 3.05) is 12.5 Å². The van der Waals surface area contributed by atoms with Crippen LogP contribution >= 0.6 is 23.2 Å². The summed E-state index contributed by atoms with van der Waals surface area (Å²) in [6.07, 6.45) is 1.39. The molecule has 0 rings (SSSR count). The highest BCUT2D eigenvalue weighted by molar-refractivity contribution is 6.25. The Morgan fingerprint density at radius 2 is 2.29 bits per heavy atom. The molecule has 0 aromatic heterocycles. The van der Waals surface area contributed by atoms with Gasteiger partial charge in [-0.1, -0.05) is 11.6 Å². The molecule has 0 aliphatic carbocycles. The summed E-state index contributed by atoms with van der Waals surface area (Å²) in [6, 6.07) is 0. The summed E-state index contributed by atoms with van der Waals surface area (Å²) >= 11 is 10.3. The fourth-order valence-electron chi connectivity index (χ4n) is 0.149. The number of rotatable bonds is 3. The average molecular weight is 141 g/mol. The Balaban J connectivity index is 2.69. The molecule has 0 bridgehead atoms. The van der Waals surface area contributed by atoms with Crippen LogP contribution in [-0.2, 0) is 4.74 Å². The lowest BCUT2D eigenvalue weighted by atomic mass is 10.9. The molecule has 0 N–H and O–H groups in total. The van der Waals surface area contributed by atoms with Crippen LogP contribution in [-0.4, -0.2) is 12.5 Å². The highest BCUT2D eigenvalue weighted by atomic mass is 35.5. The van der Waals surface area contributed by atoms with Crippen LogP contribution in [0.3, 0.4) is 0 Å². The van der Waals surface area contributed by atoms with Gasteiger partial charge in [0.25, 0.3) is 0 Å². The van der Waals surface area contributed by atoms with Crippen LogP contribution in [0.5, 0.6) is 0 Å². The molecule has 1 nitrogen and oxygen atoms in total. The van der Waals surface area contributed by atoms with Gasteiger partial charge in [0.15, 0.2) is 0 Å². The molecule has 3 heteroatoms. The van der Waals surface area contributed by atoms with E-state index < -0.39 is 0 Å². The van der Waals surface area contributed by atoms with E-state index in [1.54, 1.807) is 0 Å². The number of hydrogen-bond acceptors (Lipinski definition) is 1. The molecule has 7 heavy (non-hydrogen) atoms. The molecule has 0 radical (unpaired) electrons. The predicted molar refractivity (Wildman–Crippen MR) is 31.7 cm³/mol. The minimum atomic E-state index is 0.501. The van der Waals surface area contributed by atoms with E-state index in [4.69, 9.17) is 23.2 Å². The first-order valence-electron chi connectivity index (χ1n) is 1.84. The summed E-state index contributed by atoms with van der Waals surface area (Å²) in [6.45, 7) is 0.519. The minimum absolute atomic E-state index is 0.501. The third-order valence-corrected chi connectivity index (χ3v) is 0.600. The zero-order valence-electron chi connectivity index (χ0n) is 3.73. The third-order valence-electron chi connectivity index (χ3n) is 0.343. The number of alkyl halides is 1. The Bertz CT molecular complexity index is 53.7. The van der Waals surface area contributed by atoms with Crippen molar-refractivity contribution in [2.45, 2.75) is 0 Å². The largest absolute Gasteiger partial charge is 0.499 e. The lowest BCUT2D eigenvalue weighted by molar-refractivity contribution is 0.272. The van der Waals surface area contributed by atoms with Crippen LogP contribution in [0.2, 0.25) is 0 Å². The monoisotopic (exact) mass is 140 g/mol. The second-order valence-corrected chi connectivity index (χ2v) is 1.45. The van der Waals surface area contributed by atoms with Gasteiger partial charge in [0, 0.05) is 5.54 Å². The first kappa shape index (κ1) is 7.12. The van der Waals surface area contributed by atoms with E-state index in [-0.39, 0.29) is 0 Å². The Labute approximate surface area is 52.9 Å². The summed E-state index contributed by atoms with van der Waals surface area (Å²) < 4.78 is 4.69. The molecule has 0 aromatic rings. The van der Waals surface area contributed by atoms with Gasteiger partial charge in [-0.25, -0.2) is 0 Å². The lowest BCUT2D eigenvalue weighted by Gasteiger charge is -1.90. The second-order valence-electron chi connectivity index (χ2n) is 0.822. The van der Waals surface area contributed by atoms with Gasteiger partial charge in [-0.05, 0) is 0 Å². The van der Waals surface area contributed by atoms with Crippen LogP contribution in [0, 0.1) is 0 Å². The Morgan fingerprint density at radius 1 is 1.57 bits per heavy atom. The van der Waals surface area contributed by atoms with Crippen molar-refractivity contribution in [3.8, 4) is 0 Å². The average Bonchev–Trinajstić information content (AvgIpc) is 1.69.